The molecule has 21 heavy (non-hydrogen) atoms. The SMILES string of the molecule is CC(CCc1cccn1C)NC(=O)NCC(O)C(C)(C)C. The minimum absolute atomic E-state index is 0.0895. The van der Waals surface area contributed by atoms with Gasteiger partial charge >= 0.3 is 6.03 Å². The van der Waals surface area contributed by atoms with Gasteiger partial charge in [0.05, 0.1) is 6.10 Å². The lowest BCUT2D eigenvalue weighted by Crippen LogP contribution is -2.46. The highest BCUT2D eigenvalue weighted by Gasteiger charge is 2.22. The van der Waals surface area contributed by atoms with Crippen LogP contribution in [0, 0.1) is 5.41 Å². The van der Waals surface area contributed by atoms with Crippen molar-refractivity contribution in [3.05, 3.63) is 24.0 Å². The molecule has 0 bridgehead atoms. The van der Waals surface area contributed by atoms with E-state index in [-0.39, 0.29) is 24.0 Å². The van der Waals surface area contributed by atoms with Gasteiger partial charge in [0, 0.05) is 31.5 Å². The molecule has 2 atom stereocenters. The summed E-state index contributed by atoms with van der Waals surface area (Å²) in [5.74, 6) is 0. The standard InChI is InChI=1S/C16H29N3O2/c1-12(8-9-13-7-6-10-19(13)5)18-15(21)17-11-14(20)16(2,3)4/h6-7,10,12,14,20H,8-9,11H2,1-5H3,(H2,17,18,21). The third-order valence-corrected chi connectivity index (χ3v) is 3.72. The number of urea groups is 1. The zero-order valence-electron chi connectivity index (χ0n) is 13.8. The zero-order valence-corrected chi connectivity index (χ0v) is 13.8. The Hall–Kier alpha value is -1.49. The second-order valence-electron chi connectivity index (χ2n) is 6.79. The molecule has 0 spiro atoms. The Kier molecular flexibility index (Phi) is 6.27. The maximum Gasteiger partial charge on any atom is 0.315 e. The van der Waals surface area contributed by atoms with Crippen LogP contribution >= 0.6 is 0 Å². The Bertz CT molecular complexity index is 449. The largest absolute Gasteiger partial charge is 0.391 e. The topological polar surface area (TPSA) is 66.3 Å². The monoisotopic (exact) mass is 295 g/mol. The van der Waals surface area contributed by atoms with Crippen LogP contribution < -0.4 is 10.6 Å². The molecule has 0 aliphatic carbocycles. The van der Waals surface area contributed by atoms with Gasteiger partial charge in [-0.05, 0) is 37.3 Å². The van der Waals surface area contributed by atoms with Gasteiger partial charge < -0.3 is 20.3 Å². The van der Waals surface area contributed by atoms with E-state index in [0.717, 1.165) is 12.8 Å². The molecule has 2 amide bonds. The van der Waals surface area contributed by atoms with Crippen molar-refractivity contribution in [2.24, 2.45) is 12.5 Å². The fraction of sp³-hybridized carbons (Fsp3) is 0.688. The van der Waals surface area contributed by atoms with E-state index in [1.807, 2.05) is 47.0 Å². The molecule has 3 N–H and O–H groups in total. The average Bonchev–Trinajstić information content (AvgIpc) is 2.78. The van der Waals surface area contributed by atoms with E-state index in [0.29, 0.717) is 0 Å². The lowest BCUT2D eigenvalue weighted by Gasteiger charge is -2.26. The van der Waals surface area contributed by atoms with Gasteiger partial charge in [0.2, 0.25) is 0 Å². The van der Waals surface area contributed by atoms with Crippen molar-refractivity contribution in [3.63, 3.8) is 0 Å². The van der Waals surface area contributed by atoms with Crippen LogP contribution in [0.2, 0.25) is 0 Å². The highest BCUT2D eigenvalue weighted by atomic mass is 16.3. The third kappa shape index (κ3) is 6.21. The number of aromatic nitrogens is 1. The first-order chi connectivity index (χ1) is 9.70. The number of carbonyl (C=O) groups excluding carboxylic acids is 1. The number of amides is 2. The lowest BCUT2D eigenvalue weighted by atomic mass is 9.89. The number of hydrogen-bond donors (Lipinski definition) is 3. The van der Waals surface area contributed by atoms with Crippen LogP contribution in [0.3, 0.4) is 0 Å². The van der Waals surface area contributed by atoms with Crippen LogP contribution in [-0.2, 0) is 13.5 Å². The van der Waals surface area contributed by atoms with Crippen molar-refractivity contribution in [2.75, 3.05) is 6.54 Å². The minimum Gasteiger partial charge on any atom is -0.391 e. The molecular formula is C16H29N3O2. The van der Waals surface area contributed by atoms with Gasteiger partial charge in [0.1, 0.15) is 0 Å². The van der Waals surface area contributed by atoms with E-state index in [9.17, 15) is 9.90 Å². The summed E-state index contributed by atoms with van der Waals surface area (Å²) in [4.78, 5) is 11.8. The molecule has 0 saturated carbocycles. The number of nitrogens with zero attached hydrogens (tertiary/aromatic N) is 1. The first kappa shape index (κ1) is 17.6. The fourth-order valence-corrected chi connectivity index (χ4v) is 1.96. The predicted octanol–water partition coefficient (Wildman–Crippen LogP) is 2.05. The molecule has 0 aromatic carbocycles. The number of rotatable bonds is 6. The molecule has 5 nitrogen and oxygen atoms in total. The van der Waals surface area contributed by atoms with E-state index in [1.54, 1.807) is 0 Å². The highest BCUT2D eigenvalue weighted by molar-refractivity contribution is 5.74. The average molecular weight is 295 g/mol. The van der Waals surface area contributed by atoms with Crippen LogP contribution in [0.15, 0.2) is 18.3 Å². The molecular weight excluding hydrogens is 266 g/mol. The van der Waals surface area contributed by atoms with Gasteiger partial charge in [-0.1, -0.05) is 20.8 Å². The molecule has 120 valence electrons. The molecule has 1 rings (SSSR count). The van der Waals surface area contributed by atoms with Crippen LogP contribution in [-0.4, -0.2) is 34.4 Å². The number of carbonyl (C=O) groups is 1. The maximum absolute atomic E-state index is 11.8. The van der Waals surface area contributed by atoms with Crippen molar-refractivity contribution < 1.29 is 9.90 Å². The fourth-order valence-electron chi connectivity index (χ4n) is 1.96. The minimum atomic E-state index is -0.554. The quantitative estimate of drug-likeness (QED) is 0.752. The Labute approximate surface area is 127 Å². The summed E-state index contributed by atoms with van der Waals surface area (Å²) >= 11 is 0. The maximum atomic E-state index is 11.8. The molecule has 0 aliphatic rings. The lowest BCUT2D eigenvalue weighted by molar-refractivity contribution is 0.0649. The Morgan fingerprint density at radius 3 is 2.62 bits per heavy atom. The number of aliphatic hydroxyl groups excluding tert-OH is 1. The number of aliphatic hydroxyl groups is 1. The normalized spacial score (nSPS) is 14.6. The van der Waals surface area contributed by atoms with Crippen molar-refractivity contribution in [3.8, 4) is 0 Å². The Balaban J connectivity index is 2.26. The summed E-state index contributed by atoms with van der Waals surface area (Å²) < 4.78 is 2.09. The summed E-state index contributed by atoms with van der Waals surface area (Å²) in [6.45, 7) is 8.09. The Morgan fingerprint density at radius 2 is 2.10 bits per heavy atom. The molecule has 5 heteroatoms. The second-order valence-corrected chi connectivity index (χ2v) is 6.79. The van der Waals surface area contributed by atoms with Crippen LogP contribution in [0.1, 0.15) is 39.8 Å². The summed E-state index contributed by atoms with van der Waals surface area (Å²) in [6, 6.07) is 3.98. The van der Waals surface area contributed by atoms with Crippen LogP contribution in [0.4, 0.5) is 4.79 Å². The smallest absolute Gasteiger partial charge is 0.315 e. The van der Waals surface area contributed by atoms with Crippen LogP contribution in [0.25, 0.3) is 0 Å². The molecule has 0 saturated heterocycles. The van der Waals surface area contributed by atoms with Gasteiger partial charge in [0.15, 0.2) is 0 Å². The van der Waals surface area contributed by atoms with E-state index in [2.05, 4.69) is 21.3 Å². The zero-order chi connectivity index (χ0) is 16.0. The van der Waals surface area contributed by atoms with Crippen molar-refractivity contribution in [2.45, 2.75) is 52.7 Å². The molecule has 1 heterocycles. The molecule has 0 radical (unpaired) electrons. The molecule has 0 aliphatic heterocycles. The van der Waals surface area contributed by atoms with Gasteiger partial charge in [-0.15, -0.1) is 0 Å². The molecule has 2 unspecified atom stereocenters. The predicted molar refractivity (Wildman–Crippen MR) is 85.2 cm³/mol. The number of hydrogen-bond acceptors (Lipinski definition) is 2. The van der Waals surface area contributed by atoms with E-state index >= 15 is 0 Å². The van der Waals surface area contributed by atoms with Gasteiger partial charge in [-0.2, -0.15) is 0 Å². The van der Waals surface area contributed by atoms with Crippen molar-refractivity contribution in [1.82, 2.24) is 15.2 Å². The van der Waals surface area contributed by atoms with Gasteiger partial charge in [0.25, 0.3) is 0 Å². The van der Waals surface area contributed by atoms with Gasteiger partial charge in [-0.3, -0.25) is 0 Å². The number of nitrogens with one attached hydrogen (secondary N) is 2. The third-order valence-electron chi connectivity index (χ3n) is 3.72. The summed E-state index contributed by atoms with van der Waals surface area (Å²) in [5.41, 5.74) is 1.03. The van der Waals surface area contributed by atoms with Crippen molar-refractivity contribution in [1.29, 1.82) is 0 Å². The summed E-state index contributed by atoms with van der Waals surface area (Å²) in [6.07, 6.45) is 3.28. The van der Waals surface area contributed by atoms with E-state index in [1.165, 1.54) is 5.69 Å². The molecule has 1 aromatic heterocycles. The first-order valence-corrected chi connectivity index (χ1v) is 7.52. The van der Waals surface area contributed by atoms with Crippen molar-refractivity contribution >= 4 is 6.03 Å². The first-order valence-electron chi connectivity index (χ1n) is 7.52. The molecule has 1 aromatic rings. The Morgan fingerprint density at radius 1 is 1.43 bits per heavy atom. The van der Waals surface area contributed by atoms with E-state index in [4.69, 9.17) is 0 Å². The van der Waals surface area contributed by atoms with Gasteiger partial charge in [-0.25, -0.2) is 4.79 Å². The van der Waals surface area contributed by atoms with E-state index < -0.39 is 6.10 Å². The second kappa shape index (κ2) is 7.50. The van der Waals surface area contributed by atoms with Crippen LogP contribution in [0.5, 0.6) is 0 Å². The number of aryl methyl sites for hydroxylation is 2. The summed E-state index contributed by atoms with van der Waals surface area (Å²) in [5, 5.41) is 15.5. The summed E-state index contributed by atoms with van der Waals surface area (Å²) in [7, 11) is 2.02. The molecule has 0 fully saturated rings. The highest BCUT2D eigenvalue weighted by Crippen LogP contribution is 2.18.